The quantitative estimate of drug-likeness (QED) is 0.652. The average Bonchev–Trinajstić information content (AvgIpc) is 2.61. The Morgan fingerprint density at radius 2 is 1.38 bits per heavy atom. The van der Waals surface area contributed by atoms with Gasteiger partial charge in [0.2, 0.25) is 0 Å². The molecule has 3 aromatic carbocycles. The third kappa shape index (κ3) is 4.21. The number of aryl methyl sites for hydroxylation is 1. The third-order valence-corrected chi connectivity index (χ3v) is 4.04. The van der Waals surface area contributed by atoms with Crippen LogP contribution in [0.25, 0.3) is 0 Å². The molecule has 0 aliphatic carbocycles. The van der Waals surface area contributed by atoms with Crippen molar-refractivity contribution in [1.82, 2.24) is 5.32 Å². The zero-order valence-corrected chi connectivity index (χ0v) is 14.4. The zero-order chi connectivity index (χ0) is 16.8. The van der Waals surface area contributed by atoms with Crippen molar-refractivity contribution in [3.63, 3.8) is 0 Å². The Hall–Kier alpha value is -2.65. The van der Waals surface area contributed by atoms with Gasteiger partial charge < -0.3 is 10.6 Å². The molecule has 24 heavy (non-hydrogen) atoms. The van der Waals surface area contributed by atoms with E-state index in [1.54, 1.807) is 0 Å². The molecule has 0 atom stereocenters. The molecule has 0 aliphatic rings. The first-order valence-electron chi connectivity index (χ1n) is 7.96. The first-order valence-corrected chi connectivity index (χ1v) is 8.37. The van der Waals surface area contributed by atoms with Crippen LogP contribution in [-0.2, 0) is 0 Å². The molecule has 0 amide bonds. The lowest BCUT2D eigenvalue weighted by atomic mass is 9.99. The van der Waals surface area contributed by atoms with Crippen molar-refractivity contribution in [2.45, 2.75) is 13.0 Å². The standard InChI is InChI=1S/C21H20N2S/c1-16-9-8-14-19(15-16)22-21(24)23-20(17-10-4-2-5-11-17)18-12-6-3-7-13-18/h2-15,20H,1H3,(H2,22,23,24). The van der Waals surface area contributed by atoms with E-state index in [0.29, 0.717) is 5.11 Å². The van der Waals surface area contributed by atoms with Crippen LogP contribution in [0.2, 0.25) is 0 Å². The van der Waals surface area contributed by atoms with Crippen LogP contribution in [-0.4, -0.2) is 5.11 Å². The van der Waals surface area contributed by atoms with Gasteiger partial charge in [0.15, 0.2) is 5.11 Å². The van der Waals surface area contributed by atoms with Crippen molar-refractivity contribution in [2.75, 3.05) is 5.32 Å². The highest BCUT2D eigenvalue weighted by molar-refractivity contribution is 7.80. The average molecular weight is 332 g/mol. The summed E-state index contributed by atoms with van der Waals surface area (Å²) in [5.74, 6) is 0. The fourth-order valence-corrected chi connectivity index (χ4v) is 2.91. The lowest BCUT2D eigenvalue weighted by molar-refractivity contribution is 0.768. The summed E-state index contributed by atoms with van der Waals surface area (Å²) in [5.41, 5.74) is 4.55. The van der Waals surface area contributed by atoms with E-state index in [1.807, 2.05) is 48.5 Å². The van der Waals surface area contributed by atoms with Crippen molar-refractivity contribution < 1.29 is 0 Å². The molecule has 0 bridgehead atoms. The Balaban J connectivity index is 1.80. The molecule has 0 aromatic heterocycles. The van der Waals surface area contributed by atoms with Crippen molar-refractivity contribution in [2.24, 2.45) is 0 Å². The smallest absolute Gasteiger partial charge is 0.171 e. The summed E-state index contributed by atoms with van der Waals surface area (Å²) >= 11 is 5.53. The predicted octanol–water partition coefficient (Wildman–Crippen LogP) is 5.07. The predicted molar refractivity (Wildman–Crippen MR) is 105 cm³/mol. The molecule has 3 rings (SSSR count). The van der Waals surface area contributed by atoms with Gasteiger partial charge in [0.05, 0.1) is 6.04 Å². The van der Waals surface area contributed by atoms with Crippen LogP contribution < -0.4 is 10.6 Å². The van der Waals surface area contributed by atoms with Crippen molar-refractivity contribution >= 4 is 23.0 Å². The number of hydrogen-bond acceptors (Lipinski definition) is 1. The second kappa shape index (κ2) is 7.75. The van der Waals surface area contributed by atoms with Crippen LogP contribution in [0.15, 0.2) is 84.9 Å². The molecule has 0 spiro atoms. The molecule has 0 saturated carbocycles. The normalized spacial score (nSPS) is 10.4. The van der Waals surface area contributed by atoms with Crippen LogP contribution in [0.5, 0.6) is 0 Å². The van der Waals surface area contributed by atoms with Crippen LogP contribution in [0.4, 0.5) is 5.69 Å². The fraction of sp³-hybridized carbons (Fsp3) is 0.0952. The second-order valence-electron chi connectivity index (χ2n) is 5.72. The molecule has 0 unspecified atom stereocenters. The summed E-state index contributed by atoms with van der Waals surface area (Å²) in [4.78, 5) is 0. The Kier molecular flexibility index (Phi) is 5.24. The maximum absolute atomic E-state index is 5.53. The zero-order valence-electron chi connectivity index (χ0n) is 13.6. The van der Waals surface area contributed by atoms with Crippen LogP contribution in [0.3, 0.4) is 0 Å². The molecule has 2 nitrogen and oxygen atoms in total. The van der Waals surface area contributed by atoms with Gasteiger partial charge in [-0.3, -0.25) is 0 Å². The van der Waals surface area contributed by atoms with Crippen molar-refractivity contribution in [1.29, 1.82) is 0 Å². The van der Waals surface area contributed by atoms with E-state index in [9.17, 15) is 0 Å². The molecule has 0 saturated heterocycles. The maximum Gasteiger partial charge on any atom is 0.171 e. The highest BCUT2D eigenvalue weighted by Crippen LogP contribution is 2.22. The highest BCUT2D eigenvalue weighted by atomic mass is 32.1. The molecule has 2 N–H and O–H groups in total. The van der Waals surface area contributed by atoms with Crippen molar-refractivity contribution in [3.8, 4) is 0 Å². The number of benzene rings is 3. The van der Waals surface area contributed by atoms with E-state index in [4.69, 9.17) is 12.2 Å². The summed E-state index contributed by atoms with van der Waals surface area (Å²) in [5, 5.41) is 7.32. The van der Waals surface area contributed by atoms with Gasteiger partial charge in [0.25, 0.3) is 0 Å². The largest absolute Gasteiger partial charge is 0.352 e. The Morgan fingerprint density at radius 1 is 0.792 bits per heavy atom. The summed E-state index contributed by atoms with van der Waals surface area (Å²) in [6, 6.07) is 28.9. The molecular weight excluding hydrogens is 312 g/mol. The Labute approximate surface area is 148 Å². The topological polar surface area (TPSA) is 24.1 Å². The molecule has 0 fully saturated rings. The number of nitrogens with one attached hydrogen (secondary N) is 2. The number of hydrogen-bond donors (Lipinski definition) is 2. The number of thiocarbonyl (C=S) groups is 1. The van der Waals surface area contributed by atoms with Gasteiger partial charge >= 0.3 is 0 Å². The lowest BCUT2D eigenvalue weighted by Gasteiger charge is -2.22. The summed E-state index contributed by atoms with van der Waals surface area (Å²) in [6.07, 6.45) is 0. The maximum atomic E-state index is 5.53. The minimum Gasteiger partial charge on any atom is -0.352 e. The van der Waals surface area contributed by atoms with E-state index in [-0.39, 0.29) is 6.04 Å². The van der Waals surface area contributed by atoms with Gasteiger partial charge in [0, 0.05) is 5.69 Å². The second-order valence-corrected chi connectivity index (χ2v) is 6.13. The summed E-state index contributed by atoms with van der Waals surface area (Å²) in [6.45, 7) is 2.07. The van der Waals surface area contributed by atoms with Crippen LogP contribution in [0, 0.1) is 6.92 Å². The van der Waals surface area contributed by atoms with Gasteiger partial charge in [-0.15, -0.1) is 0 Å². The van der Waals surface area contributed by atoms with E-state index in [0.717, 1.165) is 5.69 Å². The summed E-state index contributed by atoms with van der Waals surface area (Å²) in [7, 11) is 0. The summed E-state index contributed by atoms with van der Waals surface area (Å²) < 4.78 is 0. The number of anilines is 1. The fourth-order valence-electron chi connectivity index (χ4n) is 2.67. The van der Waals surface area contributed by atoms with E-state index in [2.05, 4.69) is 54.0 Å². The Bertz CT molecular complexity index is 761. The van der Waals surface area contributed by atoms with Crippen LogP contribution >= 0.6 is 12.2 Å². The van der Waals surface area contributed by atoms with Gasteiger partial charge in [-0.05, 0) is 48.0 Å². The van der Waals surface area contributed by atoms with Crippen LogP contribution in [0.1, 0.15) is 22.7 Å². The molecule has 3 aromatic rings. The van der Waals surface area contributed by atoms with Gasteiger partial charge in [0.1, 0.15) is 0 Å². The first kappa shape index (κ1) is 16.2. The van der Waals surface area contributed by atoms with E-state index >= 15 is 0 Å². The minimum atomic E-state index is 0.0113. The first-order chi connectivity index (χ1) is 11.7. The highest BCUT2D eigenvalue weighted by Gasteiger charge is 2.14. The molecule has 0 heterocycles. The molecular formula is C21H20N2S. The van der Waals surface area contributed by atoms with Crippen molar-refractivity contribution in [3.05, 3.63) is 102 Å². The molecule has 0 aliphatic heterocycles. The van der Waals surface area contributed by atoms with Gasteiger partial charge in [-0.1, -0.05) is 72.8 Å². The monoisotopic (exact) mass is 332 g/mol. The third-order valence-electron chi connectivity index (χ3n) is 3.82. The van der Waals surface area contributed by atoms with Gasteiger partial charge in [-0.2, -0.15) is 0 Å². The number of rotatable bonds is 4. The SMILES string of the molecule is Cc1cccc(NC(=S)NC(c2ccccc2)c2ccccc2)c1. The van der Waals surface area contributed by atoms with E-state index in [1.165, 1.54) is 16.7 Å². The van der Waals surface area contributed by atoms with Gasteiger partial charge in [-0.25, -0.2) is 0 Å². The molecule has 120 valence electrons. The molecule has 3 heteroatoms. The lowest BCUT2D eigenvalue weighted by Crippen LogP contribution is -2.33. The van der Waals surface area contributed by atoms with E-state index < -0.39 is 0 Å². The Morgan fingerprint density at radius 3 is 1.92 bits per heavy atom. The minimum absolute atomic E-state index is 0.0113. The molecule has 0 radical (unpaired) electrons.